The Morgan fingerprint density at radius 2 is 1.83 bits per heavy atom. The molecule has 1 aromatic heterocycles. The van der Waals surface area contributed by atoms with Crippen LogP contribution in [0, 0.1) is 22.7 Å². The van der Waals surface area contributed by atoms with Gasteiger partial charge in [-0.05, 0) is 54.1 Å². The zero-order valence-electron chi connectivity index (χ0n) is 15.6. The molecule has 0 aliphatic rings. The fourth-order valence-electron chi connectivity index (χ4n) is 2.49. The Morgan fingerprint density at radius 3 is 2.52 bits per heavy atom. The van der Waals surface area contributed by atoms with Crippen LogP contribution in [0.3, 0.4) is 0 Å². The minimum Gasteiger partial charge on any atom is -0.493 e. The first kappa shape index (κ1) is 19.3. The molecule has 7 heteroatoms. The summed E-state index contributed by atoms with van der Waals surface area (Å²) < 4.78 is 11.2. The number of allylic oxidation sites excluding steroid dienone is 1. The minimum atomic E-state index is 0.328. The number of hydrogen-bond acceptors (Lipinski definition) is 7. The van der Waals surface area contributed by atoms with E-state index in [0.717, 1.165) is 11.3 Å². The van der Waals surface area contributed by atoms with Crippen molar-refractivity contribution in [3.63, 3.8) is 0 Å². The van der Waals surface area contributed by atoms with E-state index in [4.69, 9.17) is 25.7 Å². The summed E-state index contributed by atoms with van der Waals surface area (Å²) in [5.41, 5.74) is 8.58. The number of aromatic nitrogens is 1. The van der Waals surface area contributed by atoms with Crippen LogP contribution in [0.2, 0.25) is 0 Å². The van der Waals surface area contributed by atoms with Crippen LogP contribution < -0.4 is 20.5 Å². The topological polar surface area (TPSA) is 117 Å². The number of rotatable bonds is 6. The number of nitrogen functional groups attached to an aromatic ring is 1. The third-order valence-electron chi connectivity index (χ3n) is 3.93. The third-order valence-corrected chi connectivity index (χ3v) is 3.93. The van der Waals surface area contributed by atoms with Crippen molar-refractivity contribution in [1.82, 2.24) is 4.98 Å². The van der Waals surface area contributed by atoms with E-state index in [-0.39, 0.29) is 0 Å². The summed E-state index contributed by atoms with van der Waals surface area (Å²) in [6.07, 6.45) is 3.06. The van der Waals surface area contributed by atoms with Gasteiger partial charge in [0.25, 0.3) is 0 Å². The van der Waals surface area contributed by atoms with Gasteiger partial charge in [0, 0.05) is 17.8 Å². The summed E-state index contributed by atoms with van der Waals surface area (Å²) in [5, 5.41) is 20.7. The van der Waals surface area contributed by atoms with Gasteiger partial charge < -0.3 is 20.5 Å². The number of nitrogens with two attached hydrogens (primary N) is 1. The van der Waals surface area contributed by atoms with Crippen LogP contribution in [0.5, 0.6) is 17.4 Å². The van der Waals surface area contributed by atoms with E-state index < -0.39 is 0 Å². The van der Waals surface area contributed by atoms with Gasteiger partial charge in [0.05, 0.1) is 30.5 Å². The highest BCUT2D eigenvalue weighted by atomic mass is 16.5. The van der Waals surface area contributed by atoms with Gasteiger partial charge in [-0.15, -0.1) is 0 Å². The molecule has 0 aliphatic heterocycles. The molecule has 0 spiro atoms. The second-order valence-electron chi connectivity index (χ2n) is 5.88. The Bertz CT molecular complexity index is 1130. The maximum absolute atomic E-state index is 8.89. The van der Waals surface area contributed by atoms with E-state index in [9.17, 15) is 0 Å². The Hall–Kier alpha value is -4.49. The number of methoxy groups -OCH3 is 1. The quantitative estimate of drug-likeness (QED) is 0.597. The third kappa shape index (κ3) is 4.82. The predicted molar refractivity (Wildman–Crippen MR) is 111 cm³/mol. The molecule has 7 nitrogen and oxygen atoms in total. The van der Waals surface area contributed by atoms with Crippen LogP contribution in [0.15, 0.2) is 60.7 Å². The average molecular weight is 383 g/mol. The molecule has 142 valence electrons. The van der Waals surface area contributed by atoms with Crippen LogP contribution in [0.1, 0.15) is 11.1 Å². The van der Waals surface area contributed by atoms with Crippen LogP contribution in [0.25, 0.3) is 6.08 Å². The molecule has 1 heterocycles. The highest BCUT2D eigenvalue weighted by Crippen LogP contribution is 2.33. The highest BCUT2D eigenvalue weighted by molar-refractivity contribution is 5.69. The second-order valence-corrected chi connectivity index (χ2v) is 5.88. The van der Waals surface area contributed by atoms with Crippen molar-refractivity contribution >= 4 is 23.3 Å². The molecule has 0 unspecified atom stereocenters. The van der Waals surface area contributed by atoms with Gasteiger partial charge in [0.1, 0.15) is 0 Å². The molecule has 0 aliphatic carbocycles. The van der Waals surface area contributed by atoms with Crippen LogP contribution in [-0.4, -0.2) is 12.1 Å². The molecule has 0 radical (unpaired) electrons. The van der Waals surface area contributed by atoms with E-state index >= 15 is 0 Å². The number of nitrogens with zero attached hydrogens (tertiary/aromatic N) is 3. The maximum Gasteiger partial charge on any atom is 0.221 e. The van der Waals surface area contributed by atoms with Crippen molar-refractivity contribution in [3.8, 4) is 29.5 Å². The number of hydrogen-bond donors (Lipinski definition) is 2. The summed E-state index contributed by atoms with van der Waals surface area (Å²) in [4.78, 5) is 4.42. The molecule has 2 aromatic carbocycles. The Balaban J connectivity index is 1.83. The molecule has 0 amide bonds. The monoisotopic (exact) mass is 383 g/mol. The second kappa shape index (κ2) is 8.94. The first-order chi connectivity index (χ1) is 14.1. The Kier molecular flexibility index (Phi) is 5.94. The lowest BCUT2D eigenvalue weighted by Gasteiger charge is -2.13. The normalized spacial score (nSPS) is 10.2. The standard InChI is InChI=1S/C22H17N5O2/c1-28-20-13-15(3-2-12-23)6-10-19(20)29-21-11-9-18(25)22(27-21)26-17-7-4-16(14-24)5-8-17/h2-11,13H,25H2,1H3,(H,26,27)/b3-2+. The van der Waals surface area contributed by atoms with Gasteiger partial charge in [0.2, 0.25) is 5.88 Å². The van der Waals surface area contributed by atoms with Crippen LogP contribution in [-0.2, 0) is 0 Å². The first-order valence-electron chi connectivity index (χ1n) is 8.58. The van der Waals surface area contributed by atoms with Crippen molar-refractivity contribution in [2.24, 2.45) is 0 Å². The molecule has 0 fully saturated rings. The molecular formula is C22H17N5O2. The van der Waals surface area contributed by atoms with Crippen molar-refractivity contribution in [2.75, 3.05) is 18.2 Å². The zero-order valence-corrected chi connectivity index (χ0v) is 15.6. The largest absolute Gasteiger partial charge is 0.493 e. The Morgan fingerprint density at radius 1 is 1.03 bits per heavy atom. The van der Waals surface area contributed by atoms with E-state index in [2.05, 4.69) is 16.4 Å². The fraction of sp³-hybridized carbons (Fsp3) is 0.0455. The Labute approximate surface area is 168 Å². The first-order valence-corrected chi connectivity index (χ1v) is 8.58. The van der Waals surface area contributed by atoms with E-state index in [1.165, 1.54) is 13.2 Å². The molecule has 3 rings (SSSR count). The van der Waals surface area contributed by atoms with Crippen molar-refractivity contribution in [1.29, 1.82) is 10.5 Å². The summed E-state index contributed by atoms with van der Waals surface area (Å²) in [6.45, 7) is 0. The average Bonchev–Trinajstić information content (AvgIpc) is 2.75. The van der Waals surface area contributed by atoms with Crippen molar-refractivity contribution in [2.45, 2.75) is 0 Å². The molecule has 29 heavy (non-hydrogen) atoms. The molecule has 0 atom stereocenters. The van der Waals surface area contributed by atoms with Crippen molar-refractivity contribution in [3.05, 3.63) is 71.8 Å². The molecule has 0 saturated carbocycles. The van der Waals surface area contributed by atoms with E-state index in [0.29, 0.717) is 34.4 Å². The van der Waals surface area contributed by atoms with Gasteiger partial charge in [-0.1, -0.05) is 6.07 Å². The lowest BCUT2D eigenvalue weighted by molar-refractivity contribution is 0.374. The summed E-state index contributed by atoms with van der Waals surface area (Å²) >= 11 is 0. The summed E-state index contributed by atoms with van der Waals surface area (Å²) in [7, 11) is 1.54. The van der Waals surface area contributed by atoms with Gasteiger partial charge in [-0.25, -0.2) is 0 Å². The lowest BCUT2D eigenvalue weighted by atomic mass is 10.2. The van der Waals surface area contributed by atoms with Crippen LogP contribution >= 0.6 is 0 Å². The number of nitrogens with one attached hydrogen (secondary N) is 1. The number of ether oxygens (including phenoxy) is 2. The number of benzene rings is 2. The van der Waals surface area contributed by atoms with E-state index in [1.807, 2.05) is 6.07 Å². The van der Waals surface area contributed by atoms with Gasteiger partial charge in [-0.2, -0.15) is 15.5 Å². The van der Waals surface area contributed by atoms with Gasteiger partial charge in [0.15, 0.2) is 17.3 Å². The maximum atomic E-state index is 8.89. The summed E-state index contributed by atoms with van der Waals surface area (Å²) in [5.74, 6) is 1.74. The van der Waals surface area contributed by atoms with E-state index in [1.54, 1.807) is 60.7 Å². The van der Waals surface area contributed by atoms with Crippen molar-refractivity contribution < 1.29 is 9.47 Å². The number of nitriles is 2. The molecule has 0 saturated heterocycles. The number of anilines is 3. The molecule has 0 bridgehead atoms. The van der Waals surface area contributed by atoms with Crippen LogP contribution in [0.4, 0.5) is 17.2 Å². The SMILES string of the molecule is COc1cc(/C=C/C#N)ccc1Oc1ccc(N)c(Nc2ccc(C#N)cc2)n1. The summed E-state index contributed by atoms with van der Waals surface area (Å²) in [6, 6.07) is 19.6. The van der Waals surface area contributed by atoms with Gasteiger partial charge >= 0.3 is 0 Å². The minimum absolute atomic E-state index is 0.328. The highest BCUT2D eigenvalue weighted by Gasteiger charge is 2.10. The number of pyridine rings is 1. The van der Waals surface area contributed by atoms with Gasteiger partial charge in [-0.3, -0.25) is 0 Å². The lowest BCUT2D eigenvalue weighted by Crippen LogP contribution is -2.01. The molecule has 3 aromatic rings. The molecular weight excluding hydrogens is 366 g/mol. The zero-order chi connectivity index (χ0) is 20.6. The molecule has 3 N–H and O–H groups in total. The predicted octanol–water partition coefficient (Wildman–Crippen LogP) is 4.62. The smallest absolute Gasteiger partial charge is 0.221 e. The fourth-order valence-corrected chi connectivity index (χ4v) is 2.49.